The number of carbonyl (C=O) groups is 1. The predicted molar refractivity (Wildman–Crippen MR) is 75.3 cm³/mol. The van der Waals surface area contributed by atoms with Crippen LogP contribution in [0, 0.1) is 11.3 Å². The van der Waals surface area contributed by atoms with Gasteiger partial charge in [0, 0.05) is 16.5 Å². The van der Waals surface area contributed by atoms with E-state index >= 15 is 0 Å². The summed E-state index contributed by atoms with van der Waals surface area (Å²) in [7, 11) is 0. The van der Waals surface area contributed by atoms with Gasteiger partial charge in [0.05, 0.1) is 18.1 Å². The molecule has 0 aliphatic heterocycles. The third-order valence-corrected chi connectivity index (χ3v) is 3.54. The average Bonchev–Trinajstić information content (AvgIpc) is 2.36. The van der Waals surface area contributed by atoms with Crippen LogP contribution in [0.1, 0.15) is 32.3 Å². The van der Waals surface area contributed by atoms with Crippen molar-refractivity contribution in [3.63, 3.8) is 0 Å². The Morgan fingerprint density at radius 2 is 2.16 bits per heavy atom. The van der Waals surface area contributed by atoms with Gasteiger partial charge in [-0.05, 0) is 38.0 Å². The molecule has 0 aliphatic carbocycles. The van der Waals surface area contributed by atoms with E-state index in [-0.39, 0.29) is 19.0 Å². The summed E-state index contributed by atoms with van der Waals surface area (Å²) in [5.74, 6) is -0.380. The van der Waals surface area contributed by atoms with Crippen LogP contribution in [-0.4, -0.2) is 12.6 Å². The summed E-state index contributed by atoms with van der Waals surface area (Å²) in [6.07, 6.45) is 0.595. The minimum absolute atomic E-state index is 0.244. The quantitative estimate of drug-likeness (QED) is 0.769. The molecule has 1 rings (SSSR count). The van der Waals surface area contributed by atoms with Crippen LogP contribution >= 0.6 is 23.2 Å². The third-order valence-electron chi connectivity index (χ3n) is 2.99. The Balaban J connectivity index is 3.22. The number of hydrogen-bond donors (Lipinski definition) is 0. The monoisotopic (exact) mass is 299 g/mol. The maximum absolute atomic E-state index is 12.2. The van der Waals surface area contributed by atoms with Gasteiger partial charge >= 0.3 is 5.97 Å². The van der Waals surface area contributed by atoms with Crippen molar-refractivity contribution in [2.45, 2.75) is 32.1 Å². The van der Waals surface area contributed by atoms with Gasteiger partial charge in [-0.15, -0.1) is 0 Å². The zero-order chi connectivity index (χ0) is 14.5. The predicted octanol–water partition coefficient (Wildman–Crippen LogP) is 4.12. The summed E-state index contributed by atoms with van der Waals surface area (Å²) in [5, 5.41) is 9.65. The van der Waals surface area contributed by atoms with Gasteiger partial charge in [-0.3, -0.25) is 4.79 Å². The average molecular weight is 300 g/mol. The molecule has 0 aliphatic rings. The number of benzene rings is 1. The molecular weight excluding hydrogens is 285 g/mol. The zero-order valence-electron chi connectivity index (χ0n) is 10.9. The van der Waals surface area contributed by atoms with E-state index in [1.807, 2.05) is 6.07 Å². The molecule has 19 heavy (non-hydrogen) atoms. The van der Waals surface area contributed by atoms with E-state index in [9.17, 15) is 4.79 Å². The van der Waals surface area contributed by atoms with Crippen LogP contribution in [0.25, 0.3) is 0 Å². The second kappa shape index (κ2) is 6.79. The lowest BCUT2D eigenvalue weighted by Crippen LogP contribution is -2.34. The summed E-state index contributed by atoms with van der Waals surface area (Å²) < 4.78 is 5.10. The van der Waals surface area contributed by atoms with Crippen LogP contribution in [0.15, 0.2) is 18.2 Å². The van der Waals surface area contributed by atoms with Crippen LogP contribution in [0.3, 0.4) is 0 Å². The van der Waals surface area contributed by atoms with E-state index in [4.69, 9.17) is 33.2 Å². The molecule has 1 aromatic rings. The van der Waals surface area contributed by atoms with Crippen LogP contribution < -0.4 is 0 Å². The Labute approximate surface area is 123 Å². The molecule has 0 heterocycles. The van der Waals surface area contributed by atoms with Gasteiger partial charge < -0.3 is 4.74 Å². The van der Waals surface area contributed by atoms with E-state index in [0.29, 0.717) is 22.0 Å². The molecule has 0 saturated carbocycles. The first-order valence-corrected chi connectivity index (χ1v) is 6.71. The molecule has 0 fully saturated rings. The summed E-state index contributed by atoms with van der Waals surface area (Å²) in [5.41, 5.74) is -0.305. The summed E-state index contributed by atoms with van der Waals surface area (Å²) in [4.78, 5) is 12.2. The highest BCUT2D eigenvalue weighted by Gasteiger charge is 2.38. The topological polar surface area (TPSA) is 50.1 Å². The number of carbonyl (C=O) groups excluding carboxylic acids is 1. The van der Waals surface area contributed by atoms with Crippen molar-refractivity contribution < 1.29 is 9.53 Å². The van der Waals surface area contributed by atoms with E-state index < -0.39 is 5.41 Å². The van der Waals surface area contributed by atoms with Crippen molar-refractivity contribution in [2.75, 3.05) is 6.61 Å². The molecule has 0 amide bonds. The summed E-state index contributed by atoms with van der Waals surface area (Å²) in [6.45, 7) is 3.76. The second-order valence-corrected chi connectivity index (χ2v) is 5.18. The molecule has 0 aromatic heterocycles. The lowest BCUT2D eigenvalue weighted by atomic mass is 9.78. The van der Waals surface area contributed by atoms with Crippen molar-refractivity contribution in [1.29, 1.82) is 5.26 Å². The lowest BCUT2D eigenvalue weighted by Gasteiger charge is -2.27. The SMILES string of the molecule is CCOC(=O)C(C)(CCC#N)c1ccc(Cl)cc1Cl. The third kappa shape index (κ3) is 3.62. The first kappa shape index (κ1) is 15.8. The molecule has 0 N–H and O–H groups in total. The van der Waals surface area contributed by atoms with E-state index in [1.54, 1.807) is 32.0 Å². The van der Waals surface area contributed by atoms with Crippen LogP contribution in [0.4, 0.5) is 0 Å². The molecular formula is C14H15Cl2NO2. The van der Waals surface area contributed by atoms with Crippen molar-refractivity contribution in [1.82, 2.24) is 0 Å². The molecule has 102 valence electrons. The summed E-state index contributed by atoms with van der Waals surface area (Å²) in [6, 6.07) is 7.01. The highest BCUT2D eigenvalue weighted by Crippen LogP contribution is 2.36. The number of hydrogen-bond acceptors (Lipinski definition) is 3. The molecule has 0 saturated heterocycles. The summed E-state index contributed by atoms with van der Waals surface area (Å²) >= 11 is 12.0. The molecule has 3 nitrogen and oxygen atoms in total. The fourth-order valence-corrected chi connectivity index (χ4v) is 2.50. The highest BCUT2D eigenvalue weighted by molar-refractivity contribution is 6.35. The highest BCUT2D eigenvalue weighted by atomic mass is 35.5. The fourth-order valence-electron chi connectivity index (χ4n) is 1.88. The number of rotatable bonds is 5. The van der Waals surface area contributed by atoms with Gasteiger partial charge in [-0.2, -0.15) is 5.26 Å². The largest absolute Gasteiger partial charge is 0.465 e. The van der Waals surface area contributed by atoms with Crippen molar-refractivity contribution >= 4 is 29.2 Å². The standard InChI is InChI=1S/C14H15Cl2NO2/c1-3-19-13(18)14(2,7-4-8-17)11-6-5-10(15)9-12(11)16/h5-6,9H,3-4,7H2,1-2H3. The first-order valence-electron chi connectivity index (χ1n) is 5.95. The van der Waals surface area contributed by atoms with E-state index in [0.717, 1.165) is 0 Å². The Morgan fingerprint density at radius 3 is 2.68 bits per heavy atom. The number of ether oxygens (including phenoxy) is 1. The molecule has 0 spiro atoms. The lowest BCUT2D eigenvalue weighted by molar-refractivity contribution is -0.149. The molecule has 1 unspecified atom stereocenters. The fraction of sp³-hybridized carbons (Fsp3) is 0.429. The van der Waals surface area contributed by atoms with Crippen LogP contribution in [-0.2, 0) is 14.9 Å². The van der Waals surface area contributed by atoms with Gasteiger partial charge in [-0.25, -0.2) is 0 Å². The van der Waals surface area contributed by atoms with Gasteiger partial charge in [0.15, 0.2) is 0 Å². The Hall–Kier alpha value is -1.24. The smallest absolute Gasteiger partial charge is 0.316 e. The molecule has 0 radical (unpaired) electrons. The number of nitrogens with zero attached hydrogens (tertiary/aromatic N) is 1. The number of halogens is 2. The second-order valence-electron chi connectivity index (χ2n) is 4.33. The normalized spacial score (nSPS) is 13.4. The van der Waals surface area contributed by atoms with Crippen LogP contribution in [0.5, 0.6) is 0 Å². The number of esters is 1. The van der Waals surface area contributed by atoms with Crippen molar-refractivity contribution in [3.05, 3.63) is 33.8 Å². The Kier molecular flexibility index (Phi) is 5.65. The molecule has 0 bridgehead atoms. The maximum Gasteiger partial charge on any atom is 0.316 e. The minimum Gasteiger partial charge on any atom is -0.465 e. The first-order chi connectivity index (χ1) is 8.95. The Bertz CT molecular complexity index is 511. The Morgan fingerprint density at radius 1 is 1.47 bits per heavy atom. The number of nitriles is 1. The molecule has 1 atom stereocenters. The van der Waals surface area contributed by atoms with Gasteiger partial charge in [0.2, 0.25) is 0 Å². The van der Waals surface area contributed by atoms with Crippen molar-refractivity contribution in [3.8, 4) is 6.07 Å². The van der Waals surface area contributed by atoms with Gasteiger partial charge in [0.1, 0.15) is 0 Å². The van der Waals surface area contributed by atoms with Crippen molar-refractivity contribution in [2.24, 2.45) is 0 Å². The van der Waals surface area contributed by atoms with E-state index in [2.05, 4.69) is 0 Å². The van der Waals surface area contributed by atoms with E-state index in [1.165, 1.54) is 0 Å². The molecule has 5 heteroatoms. The van der Waals surface area contributed by atoms with Gasteiger partial charge in [-0.1, -0.05) is 29.3 Å². The minimum atomic E-state index is -0.937. The van der Waals surface area contributed by atoms with Crippen LogP contribution in [0.2, 0.25) is 10.0 Å². The zero-order valence-corrected chi connectivity index (χ0v) is 12.4. The van der Waals surface area contributed by atoms with Gasteiger partial charge in [0.25, 0.3) is 0 Å². The molecule has 1 aromatic carbocycles. The maximum atomic E-state index is 12.2.